The number of hydrogen-bond acceptors (Lipinski definition) is 7. The van der Waals surface area contributed by atoms with E-state index in [4.69, 9.17) is 11.5 Å². The van der Waals surface area contributed by atoms with Crippen LogP contribution in [0.25, 0.3) is 5.69 Å². The SMILES string of the molecule is NC(=O)OCCc1cn(-c2cccc(CNC(=O)c3cccc(C(N)=O)n3)c2)nn1. The molecule has 5 N–H and O–H groups in total. The maximum Gasteiger partial charge on any atom is 0.404 e. The summed E-state index contributed by atoms with van der Waals surface area (Å²) in [6.07, 6.45) is 1.26. The van der Waals surface area contributed by atoms with Crippen LogP contribution in [-0.4, -0.2) is 44.5 Å². The second-order valence-electron chi connectivity index (χ2n) is 6.20. The van der Waals surface area contributed by atoms with Crippen LogP contribution in [0.4, 0.5) is 4.79 Å². The number of aromatic nitrogens is 4. The number of hydrogen-bond donors (Lipinski definition) is 3. The third-order valence-corrected chi connectivity index (χ3v) is 4.01. The lowest BCUT2D eigenvalue weighted by molar-refractivity contribution is 0.0945. The molecular weight excluding hydrogens is 390 g/mol. The minimum atomic E-state index is -0.839. The zero-order chi connectivity index (χ0) is 21.5. The van der Waals surface area contributed by atoms with Gasteiger partial charge in [0.25, 0.3) is 11.8 Å². The molecule has 11 heteroatoms. The van der Waals surface area contributed by atoms with E-state index in [-0.39, 0.29) is 24.5 Å². The van der Waals surface area contributed by atoms with Crippen LogP contribution in [0.3, 0.4) is 0 Å². The van der Waals surface area contributed by atoms with Gasteiger partial charge in [-0.25, -0.2) is 14.5 Å². The van der Waals surface area contributed by atoms with Crippen LogP contribution in [0.5, 0.6) is 0 Å². The molecule has 11 nitrogen and oxygen atoms in total. The van der Waals surface area contributed by atoms with Crippen molar-refractivity contribution in [2.75, 3.05) is 6.61 Å². The summed E-state index contributed by atoms with van der Waals surface area (Å²) in [7, 11) is 0. The summed E-state index contributed by atoms with van der Waals surface area (Å²) in [4.78, 5) is 38.0. The van der Waals surface area contributed by atoms with Crippen LogP contribution in [-0.2, 0) is 17.7 Å². The van der Waals surface area contributed by atoms with Crippen LogP contribution in [0.15, 0.2) is 48.7 Å². The Labute approximate surface area is 171 Å². The summed E-state index contributed by atoms with van der Waals surface area (Å²) in [6, 6.07) is 11.8. The van der Waals surface area contributed by atoms with Gasteiger partial charge < -0.3 is 21.5 Å². The number of nitrogens with two attached hydrogens (primary N) is 2. The normalized spacial score (nSPS) is 10.4. The monoisotopic (exact) mass is 409 g/mol. The molecule has 2 heterocycles. The van der Waals surface area contributed by atoms with Gasteiger partial charge in [-0.1, -0.05) is 23.4 Å². The standard InChI is InChI=1S/C19H19N7O4/c20-17(27)15-5-2-6-16(23-15)18(28)22-10-12-3-1-4-14(9-12)26-11-13(24-25-26)7-8-30-19(21)29/h1-6,9,11H,7-8,10H2,(H2,20,27)(H2,21,29)(H,22,28). The number of nitrogens with zero attached hydrogens (tertiary/aromatic N) is 4. The van der Waals surface area contributed by atoms with Crippen LogP contribution < -0.4 is 16.8 Å². The maximum absolute atomic E-state index is 12.3. The third kappa shape index (κ3) is 5.38. The van der Waals surface area contributed by atoms with Crippen LogP contribution >= 0.6 is 0 Å². The third-order valence-electron chi connectivity index (χ3n) is 4.01. The van der Waals surface area contributed by atoms with Crippen molar-refractivity contribution in [3.63, 3.8) is 0 Å². The van der Waals surface area contributed by atoms with Gasteiger partial charge in [-0.05, 0) is 29.8 Å². The van der Waals surface area contributed by atoms with Gasteiger partial charge in [-0.3, -0.25) is 9.59 Å². The van der Waals surface area contributed by atoms with E-state index in [2.05, 4.69) is 25.3 Å². The maximum atomic E-state index is 12.3. The number of nitrogens with one attached hydrogen (secondary N) is 1. The van der Waals surface area contributed by atoms with Crippen molar-refractivity contribution in [1.82, 2.24) is 25.3 Å². The van der Waals surface area contributed by atoms with Crippen molar-refractivity contribution in [3.8, 4) is 5.69 Å². The Balaban J connectivity index is 1.62. The molecule has 0 aliphatic heterocycles. The van der Waals surface area contributed by atoms with E-state index in [1.807, 2.05) is 24.3 Å². The zero-order valence-corrected chi connectivity index (χ0v) is 15.8. The largest absolute Gasteiger partial charge is 0.449 e. The Morgan fingerprint density at radius 1 is 1.07 bits per heavy atom. The molecule has 0 fully saturated rings. The summed E-state index contributed by atoms with van der Waals surface area (Å²) in [5.41, 5.74) is 12.4. The van der Waals surface area contributed by atoms with E-state index in [0.29, 0.717) is 12.1 Å². The molecule has 0 spiro atoms. The van der Waals surface area contributed by atoms with Gasteiger partial charge >= 0.3 is 6.09 Å². The van der Waals surface area contributed by atoms with Gasteiger partial charge in [0.2, 0.25) is 0 Å². The number of rotatable bonds is 8. The lowest BCUT2D eigenvalue weighted by Crippen LogP contribution is -2.25. The number of pyridine rings is 1. The fourth-order valence-electron chi connectivity index (χ4n) is 2.58. The summed E-state index contributed by atoms with van der Waals surface area (Å²) in [5, 5.41) is 10.8. The highest BCUT2D eigenvalue weighted by atomic mass is 16.5. The molecule has 2 aromatic heterocycles. The van der Waals surface area contributed by atoms with Crippen molar-refractivity contribution in [3.05, 3.63) is 71.3 Å². The average molecular weight is 409 g/mol. The Hall–Kier alpha value is -4.28. The Morgan fingerprint density at radius 3 is 2.60 bits per heavy atom. The summed E-state index contributed by atoms with van der Waals surface area (Å²) >= 11 is 0. The first-order chi connectivity index (χ1) is 14.4. The first kappa shape index (κ1) is 20.5. The smallest absolute Gasteiger partial charge is 0.404 e. The lowest BCUT2D eigenvalue weighted by atomic mass is 10.2. The van der Waals surface area contributed by atoms with Gasteiger partial charge in [0.15, 0.2) is 0 Å². The molecular formula is C19H19N7O4. The molecule has 3 aromatic rings. The molecule has 3 amide bonds. The average Bonchev–Trinajstić information content (AvgIpc) is 3.21. The lowest BCUT2D eigenvalue weighted by Gasteiger charge is -2.07. The number of benzene rings is 1. The Morgan fingerprint density at radius 2 is 1.83 bits per heavy atom. The van der Waals surface area contributed by atoms with E-state index in [0.717, 1.165) is 11.3 Å². The van der Waals surface area contributed by atoms with Gasteiger partial charge in [0.05, 0.1) is 24.2 Å². The van der Waals surface area contributed by atoms with E-state index < -0.39 is 17.9 Å². The molecule has 0 radical (unpaired) electrons. The molecule has 0 atom stereocenters. The summed E-state index contributed by atoms with van der Waals surface area (Å²) in [5.74, 6) is -1.13. The van der Waals surface area contributed by atoms with Gasteiger partial charge in [-0.2, -0.15) is 0 Å². The van der Waals surface area contributed by atoms with Crippen molar-refractivity contribution < 1.29 is 19.1 Å². The number of amides is 3. The Kier molecular flexibility index (Phi) is 6.33. The zero-order valence-electron chi connectivity index (χ0n) is 15.8. The number of ether oxygens (including phenoxy) is 1. The van der Waals surface area contributed by atoms with E-state index in [9.17, 15) is 14.4 Å². The molecule has 3 rings (SSSR count). The molecule has 1 aromatic carbocycles. The van der Waals surface area contributed by atoms with Gasteiger partial charge in [-0.15, -0.1) is 5.10 Å². The highest BCUT2D eigenvalue weighted by Crippen LogP contribution is 2.11. The second kappa shape index (κ2) is 9.28. The van der Waals surface area contributed by atoms with Gasteiger partial charge in [0.1, 0.15) is 11.4 Å². The minimum Gasteiger partial charge on any atom is -0.449 e. The topological polar surface area (TPSA) is 168 Å². The molecule has 0 saturated heterocycles. The number of carbonyl (C=O) groups is 3. The molecule has 0 aliphatic carbocycles. The summed E-state index contributed by atoms with van der Waals surface area (Å²) < 4.78 is 6.25. The molecule has 0 saturated carbocycles. The van der Waals surface area contributed by atoms with Crippen LogP contribution in [0.1, 0.15) is 32.2 Å². The number of primary amides is 2. The van der Waals surface area contributed by atoms with Crippen molar-refractivity contribution in [2.45, 2.75) is 13.0 Å². The molecule has 154 valence electrons. The van der Waals surface area contributed by atoms with Crippen molar-refractivity contribution >= 4 is 17.9 Å². The van der Waals surface area contributed by atoms with E-state index in [1.54, 1.807) is 16.9 Å². The molecule has 0 bridgehead atoms. The van der Waals surface area contributed by atoms with Crippen LogP contribution in [0, 0.1) is 0 Å². The molecule has 30 heavy (non-hydrogen) atoms. The van der Waals surface area contributed by atoms with Crippen LogP contribution in [0.2, 0.25) is 0 Å². The fraction of sp³-hybridized carbons (Fsp3) is 0.158. The molecule has 0 aliphatic rings. The van der Waals surface area contributed by atoms with E-state index >= 15 is 0 Å². The fourth-order valence-corrected chi connectivity index (χ4v) is 2.58. The highest BCUT2D eigenvalue weighted by Gasteiger charge is 2.11. The van der Waals surface area contributed by atoms with E-state index in [1.165, 1.54) is 12.1 Å². The van der Waals surface area contributed by atoms with Crippen molar-refractivity contribution in [1.29, 1.82) is 0 Å². The highest BCUT2D eigenvalue weighted by molar-refractivity contribution is 5.95. The number of carbonyl (C=O) groups excluding carboxylic acids is 3. The minimum absolute atomic E-state index is 0.0212. The first-order valence-corrected chi connectivity index (χ1v) is 8.90. The second-order valence-corrected chi connectivity index (χ2v) is 6.20. The molecule has 0 unspecified atom stereocenters. The first-order valence-electron chi connectivity index (χ1n) is 8.90. The Bertz CT molecular complexity index is 1080. The van der Waals surface area contributed by atoms with Gasteiger partial charge in [0, 0.05) is 13.0 Å². The predicted octanol–water partition coefficient (Wildman–Crippen LogP) is 0.329. The predicted molar refractivity (Wildman–Crippen MR) is 105 cm³/mol. The quantitative estimate of drug-likeness (QED) is 0.481. The van der Waals surface area contributed by atoms with Crippen molar-refractivity contribution in [2.24, 2.45) is 11.5 Å². The summed E-state index contributed by atoms with van der Waals surface area (Å²) in [6.45, 7) is 0.355.